The second kappa shape index (κ2) is 6.18. The average molecular weight is 337 g/mol. The zero-order chi connectivity index (χ0) is 13.1. The molecule has 100 valence electrons. The molecular formula is C15H17BrN2S. The highest BCUT2D eigenvalue weighted by atomic mass is 79.9. The third-order valence-electron chi connectivity index (χ3n) is 3.48. The molecule has 0 amide bonds. The molecule has 0 saturated carbocycles. The number of benzene rings is 1. The molecule has 19 heavy (non-hydrogen) atoms. The number of thiophene rings is 1. The van der Waals surface area contributed by atoms with Crippen LogP contribution in [0.4, 0.5) is 0 Å². The number of hydrogen-bond acceptors (Lipinski definition) is 3. The highest BCUT2D eigenvalue weighted by Crippen LogP contribution is 2.22. The van der Waals surface area contributed by atoms with Gasteiger partial charge in [-0.3, -0.25) is 0 Å². The first-order valence-electron chi connectivity index (χ1n) is 6.56. The van der Waals surface area contributed by atoms with E-state index in [2.05, 4.69) is 63.0 Å². The zero-order valence-corrected chi connectivity index (χ0v) is 13.1. The summed E-state index contributed by atoms with van der Waals surface area (Å²) in [7, 11) is 0. The van der Waals surface area contributed by atoms with Gasteiger partial charge < -0.3 is 10.6 Å². The van der Waals surface area contributed by atoms with Crippen molar-refractivity contribution >= 4 is 27.3 Å². The van der Waals surface area contributed by atoms with Gasteiger partial charge in [-0.05, 0) is 45.6 Å². The molecule has 2 nitrogen and oxygen atoms in total. The van der Waals surface area contributed by atoms with E-state index in [1.165, 1.54) is 19.8 Å². The van der Waals surface area contributed by atoms with Crippen molar-refractivity contribution in [2.45, 2.75) is 25.6 Å². The van der Waals surface area contributed by atoms with Gasteiger partial charge >= 0.3 is 0 Å². The first-order valence-corrected chi connectivity index (χ1v) is 8.17. The fourth-order valence-electron chi connectivity index (χ4n) is 2.48. The van der Waals surface area contributed by atoms with Gasteiger partial charge in [0.15, 0.2) is 0 Å². The molecule has 1 aliphatic rings. The van der Waals surface area contributed by atoms with Gasteiger partial charge in [0.1, 0.15) is 0 Å². The predicted octanol–water partition coefficient (Wildman–Crippen LogP) is 3.31. The molecule has 2 heterocycles. The highest BCUT2D eigenvalue weighted by molar-refractivity contribution is 9.11. The molecular weight excluding hydrogens is 320 g/mol. The molecule has 1 unspecified atom stereocenters. The van der Waals surface area contributed by atoms with E-state index in [9.17, 15) is 0 Å². The maximum absolute atomic E-state index is 3.60. The van der Waals surface area contributed by atoms with Crippen LogP contribution in [-0.4, -0.2) is 12.6 Å². The van der Waals surface area contributed by atoms with E-state index in [-0.39, 0.29) is 0 Å². The van der Waals surface area contributed by atoms with Crippen LogP contribution < -0.4 is 10.6 Å². The summed E-state index contributed by atoms with van der Waals surface area (Å²) in [4.78, 5) is 1.38. The van der Waals surface area contributed by atoms with Crippen molar-refractivity contribution in [3.63, 3.8) is 0 Å². The third kappa shape index (κ3) is 3.45. The molecule has 1 atom stereocenters. The molecule has 1 aliphatic heterocycles. The van der Waals surface area contributed by atoms with Crippen molar-refractivity contribution in [1.29, 1.82) is 0 Å². The van der Waals surface area contributed by atoms with E-state index < -0.39 is 0 Å². The Morgan fingerprint density at radius 3 is 2.84 bits per heavy atom. The van der Waals surface area contributed by atoms with Crippen LogP contribution in [0.15, 0.2) is 40.2 Å². The Morgan fingerprint density at radius 2 is 2.05 bits per heavy atom. The van der Waals surface area contributed by atoms with Gasteiger partial charge in [-0.1, -0.05) is 24.3 Å². The summed E-state index contributed by atoms with van der Waals surface area (Å²) >= 11 is 5.29. The smallest absolute Gasteiger partial charge is 0.0701 e. The monoisotopic (exact) mass is 336 g/mol. The van der Waals surface area contributed by atoms with Crippen molar-refractivity contribution in [3.8, 4) is 0 Å². The summed E-state index contributed by atoms with van der Waals surface area (Å²) in [6.07, 6.45) is 1.12. The lowest BCUT2D eigenvalue weighted by atomic mass is 9.96. The topological polar surface area (TPSA) is 24.1 Å². The lowest BCUT2D eigenvalue weighted by Crippen LogP contribution is -2.42. The Bertz CT molecular complexity index is 553. The van der Waals surface area contributed by atoms with Gasteiger partial charge in [0.25, 0.3) is 0 Å². The van der Waals surface area contributed by atoms with Crippen LogP contribution in [-0.2, 0) is 19.5 Å². The van der Waals surface area contributed by atoms with Crippen LogP contribution in [0.3, 0.4) is 0 Å². The SMILES string of the molecule is Brc1ccc(CNCC2Cc3ccccc3CN2)s1. The molecule has 0 bridgehead atoms. The number of fused-ring (bicyclic) bond motifs is 1. The Hall–Kier alpha value is -0.680. The molecule has 1 aromatic carbocycles. The molecule has 4 heteroatoms. The molecule has 2 N–H and O–H groups in total. The molecule has 0 saturated heterocycles. The second-order valence-electron chi connectivity index (χ2n) is 4.89. The summed E-state index contributed by atoms with van der Waals surface area (Å²) in [6.45, 7) is 2.97. The Morgan fingerprint density at radius 1 is 1.21 bits per heavy atom. The van der Waals surface area contributed by atoms with Crippen molar-refractivity contribution in [2.24, 2.45) is 0 Å². The Balaban J connectivity index is 1.50. The average Bonchev–Trinajstić information content (AvgIpc) is 2.84. The maximum Gasteiger partial charge on any atom is 0.0701 e. The second-order valence-corrected chi connectivity index (χ2v) is 7.43. The summed E-state index contributed by atoms with van der Waals surface area (Å²) < 4.78 is 1.20. The van der Waals surface area contributed by atoms with E-state index in [1.54, 1.807) is 11.3 Å². The van der Waals surface area contributed by atoms with Crippen LogP contribution in [0.25, 0.3) is 0 Å². The van der Waals surface area contributed by atoms with E-state index in [0.717, 1.165) is 26.1 Å². The van der Waals surface area contributed by atoms with E-state index in [0.29, 0.717) is 6.04 Å². The number of rotatable bonds is 4. The van der Waals surface area contributed by atoms with Gasteiger partial charge in [0.05, 0.1) is 3.79 Å². The van der Waals surface area contributed by atoms with E-state index in [1.807, 2.05) is 0 Å². The Kier molecular flexibility index (Phi) is 4.33. The van der Waals surface area contributed by atoms with Gasteiger partial charge in [-0.15, -0.1) is 11.3 Å². The fourth-order valence-corrected chi connectivity index (χ4v) is 3.93. The maximum atomic E-state index is 3.60. The van der Waals surface area contributed by atoms with Crippen LogP contribution in [0.1, 0.15) is 16.0 Å². The minimum atomic E-state index is 0.540. The number of hydrogen-bond donors (Lipinski definition) is 2. The Labute approximate surface area is 126 Å². The van der Waals surface area contributed by atoms with Crippen LogP contribution >= 0.6 is 27.3 Å². The van der Waals surface area contributed by atoms with Gasteiger partial charge in [0.2, 0.25) is 0 Å². The molecule has 0 radical (unpaired) electrons. The van der Waals surface area contributed by atoms with E-state index >= 15 is 0 Å². The molecule has 2 aromatic rings. The van der Waals surface area contributed by atoms with Gasteiger partial charge in [-0.2, -0.15) is 0 Å². The quantitative estimate of drug-likeness (QED) is 0.894. The molecule has 3 rings (SSSR count). The normalized spacial score (nSPS) is 18.3. The zero-order valence-electron chi connectivity index (χ0n) is 10.7. The lowest BCUT2D eigenvalue weighted by Gasteiger charge is -2.26. The fraction of sp³-hybridized carbons (Fsp3) is 0.333. The predicted molar refractivity (Wildman–Crippen MR) is 84.5 cm³/mol. The van der Waals surface area contributed by atoms with Crippen LogP contribution in [0.2, 0.25) is 0 Å². The summed E-state index contributed by atoms with van der Waals surface area (Å²) in [6, 6.07) is 13.5. The van der Waals surface area contributed by atoms with Crippen molar-refractivity contribution < 1.29 is 0 Å². The largest absolute Gasteiger partial charge is 0.310 e. The lowest BCUT2D eigenvalue weighted by molar-refractivity contribution is 0.448. The van der Waals surface area contributed by atoms with Crippen molar-refractivity contribution in [1.82, 2.24) is 10.6 Å². The summed E-state index contributed by atoms with van der Waals surface area (Å²) in [5, 5.41) is 7.14. The molecule has 0 fully saturated rings. The van der Waals surface area contributed by atoms with Crippen LogP contribution in [0, 0.1) is 0 Å². The summed E-state index contributed by atoms with van der Waals surface area (Å²) in [5.41, 5.74) is 2.94. The standard InChI is InChI=1S/C15H17BrN2S/c16-15-6-5-14(19-15)10-17-9-13-7-11-3-1-2-4-12(11)8-18-13/h1-6,13,17-18H,7-10H2. The first kappa shape index (κ1) is 13.3. The van der Waals surface area contributed by atoms with Gasteiger partial charge in [0, 0.05) is 30.6 Å². The number of nitrogens with one attached hydrogen (secondary N) is 2. The third-order valence-corrected chi connectivity index (χ3v) is 5.11. The summed E-state index contributed by atoms with van der Waals surface area (Å²) in [5.74, 6) is 0. The molecule has 0 aliphatic carbocycles. The minimum Gasteiger partial charge on any atom is -0.310 e. The first-order chi connectivity index (χ1) is 9.31. The van der Waals surface area contributed by atoms with Crippen LogP contribution in [0.5, 0.6) is 0 Å². The molecule has 1 aromatic heterocycles. The van der Waals surface area contributed by atoms with Crippen molar-refractivity contribution in [3.05, 3.63) is 56.2 Å². The van der Waals surface area contributed by atoms with Crippen molar-refractivity contribution in [2.75, 3.05) is 6.54 Å². The van der Waals surface area contributed by atoms with E-state index in [4.69, 9.17) is 0 Å². The highest BCUT2D eigenvalue weighted by Gasteiger charge is 2.16. The minimum absolute atomic E-state index is 0.540. The van der Waals surface area contributed by atoms with Gasteiger partial charge in [-0.25, -0.2) is 0 Å². The number of halogens is 1. The molecule has 0 spiro atoms.